The first-order chi connectivity index (χ1) is 24.8. The molecular formula is C41H58N3O8+. The summed E-state index contributed by atoms with van der Waals surface area (Å²) < 4.78 is 10.3. The van der Waals surface area contributed by atoms with E-state index in [9.17, 15) is 29.2 Å². The summed E-state index contributed by atoms with van der Waals surface area (Å²) in [5.74, 6) is -2.93. The molecule has 0 radical (unpaired) electrons. The number of rotatable bonds is 22. The summed E-state index contributed by atoms with van der Waals surface area (Å²) in [4.78, 5) is 68.7. The lowest BCUT2D eigenvalue weighted by Crippen LogP contribution is -2.55. The van der Waals surface area contributed by atoms with Crippen molar-refractivity contribution >= 4 is 29.2 Å². The third-order valence-corrected chi connectivity index (χ3v) is 10.1. The standard InChI is InChI=1S/C41H57N3O8/c1-5-12-35(38(47)41(4)28-52-41)42-40(49)33(24-31-15-10-7-11-16-31)26-37(46)36(23-29(2)3)43-39(48)32(18-17-30-13-8-6-9-14-30)25-34(45)27-44(50)19-21-51-22-20-44/h6-11,13-16,29,32-33,35-36,50H,5,12,17-28H2,1-4H3,(H-,42,43,48,49)/p+1/t32-,33-,35+,36+,41-/m1/s1. The van der Waals surface area contributed by atoms with Gasteiger partial charge in [0.05, 0.1) is 31.9 Å². The Balaban J connectivity index is 1.51. The molecule has 2 amide bonds. The van der Waals surface area contributed by atoms with E-state index in [2.05, 4.69) is 10.6 Å². The second kappa shape index (κ2) is 19.3. The van der Waals surface area contributed by atoms with Crippen molar-refractivity contribution in [1.29, 1.82) is 0 Å². The molecule has 11 nitrogen and oxygen atoms in total. The smallest absolute Gasteiger partial charge is 0.224 e. The molecule has 0 aliphatic carbocycles. The fraction of sp³-hybridized carbons (Fsp3) is 0.585. The number of carbonyl (C=O) groups is 5. The number of benzene rings is 2. The van der Waals surface area contributed by atoms with Crippen LogP contribution in [-0.4, -0.2) is 96.2 Å². The molecule has 2 aromatic rings. The van der Waals surface area contributed by atoms with Crippen LogP contribution in [-0.2, 0) is 46.3 Å². The molecule has 52 heavy (non-hydrogen) atoms. The van der Waals surface area contributed by atoms with Crippen molar-refractivity contribution < 1.29 is 43.3 Å². The number of hydroxylamine groups is 3. The number of carbonyl (C=O) groups excluding carboxylic acids is 5. The monoisotopic (exact) mass is 720 g/mol. The first-order valence-electron chi connectivity index (χ1n) is 18.9. The van der Waals surface area contributed by atoms with Gasteiger partial charge in [-0.2, -0.15) is 4.65 Å². The van der Waals surface area contributed by atoms with E-state index in [1.54, 1.807) is 6.92 Å². The van der Waals surface area contributed by atoms with Gasteiger partial charge in [0.15, 0.2) is 23.9 Å². The maximum atomic E-state index is 14.2. The van der Waals surface area contributed by atoms with E-state index >= 15 is 0 Å². The number of amides is 2. The molecule has 0 saturated carbocycles. The van der Waals surface area contributed by atoms with Crippen LogP contribution in [0.5, 0.6) is 0 Å². The van der Waals surface area contributed by atoms with Gasteiger partial charge in [-0.1, -0.05) is 87.9 Å². The van der Waals surface area contributed by atoms with Crippen molar-refractivity contribution in [3.8, 4) is 0 Å². The quantitative estimate of drug-likeness (QED) is 0.120. The Morgan fingerprint density at radius 3 is 1.98 bits per heavy atom. The van der Waals surface area contributed by atoms with E-state index in [1.807, 2.05) is 81.4 Å². The molecule has 0 spiro atoms. The normalized spacial score (nSPS) is 20.3. The molecule has 5 atom stereocenters. The minimum atomic E-state index is -0.898. The lowest BCUT2D eigenvalue weighted by molar-refractivity contribution is -1.10. The molecule has 2 saturated heterocycles. The Morgan fingerprint density at radius 1 is 0.827 bits per heavy atom. The van der Waals surface area contributed by atoms with Crippen LogP contribution in [0.2, 0.25) is 0 Å². The third kappa shape index (κ3) is 12.7. The summed E-state index contributed by atoms with van der Waals surface area (Å²) in [6, 6.07) is 17.5. The molecule has 0 bridgehead atoms. The minimum Gasteiger partial charge on any atom is -0.370 e. The molecule has 284 valence electrons. The Labute approximate surface area is 308 Å². The topological polar surface area (TPSA) is 151 Å². The molecule has 11 heteroatoms. The van der Waals surface area contributed by atoms with E-state index in [1.165, 1.54) is 0 Å². The summed E-state index contributed by atoms with van der Waals surface area (Å²) in [5, 5.41) is 16.9. The van der Waals surface area contributed by atoms with Crippen molar-refractivity contribution in [1.82, 2.24) is 10.6 Å². The van der Waals surface area contributed by atoms with E-state index in [0.29, 0.717) is 65.0 Å². The predicted octanol–water partition coefficient (Wildman–Crippen LogP) is 4.42. The highest BCUT2D eigenvalue weighted by Gasteiger charge is 2.50. The second-order valence-corrected chi connectivity index (χ2v) is 15.3. The fourth-order valence-electron chi connectivity index (χ4n) is 6.86. The number of epoxide rings is 1. The molecule has 2 aliphatic heterocycles. The summed E-state index contributed by atoms with van der Waals surface area (Å²) >= 11 is 0. The molecule has 2 fully saturated rings. The lowest BCUT2D eigenvalue weighted by Gasteiger charge is -2.33. The van der Waals surface area contributed by atoms with Crippen molar-refractivity contribution in [3.63, 3.8) is 0 Å². The zero-order valence-corrected chi connectivity index (χ0v) is 31.3. The Kier molecular flexibility index (Phi) is 15.3. The summed E-state index contributed by atoms with van der Waals surface area (Å²) in [7, 11) is 0. The van der Waals surface area contributed by atoms with Crippen molar-refractivity contribution in [2.75, 3.05) is 39.5 Å². The van der Waals surface area contributed by atoms with Gasteiger partial charge in [0.2, 0.25) is 11.8 Å². The first-order valence-corrected chi connectivity index (χ1v) is 18.9. The van der Waals surface area contributed by atoms with Gasteiger partial charge >= 0.3 is 0 Å². The molecule has 2 heterocycles. The summed E-state index contributed by atoms with van der Waals surface area (Å²) in [6.45, 7) is 9.11. The number of nitrogens with zero attached hydrogens (tertiary/aromatic N) is 1. The average molecular weight is 721 g/mol. The van der Waals surface area contributed by atoms with Gasteiger partial charge in [-0.25, -0.2) is 5.21 Å². The maximum Gasteiger partial charge on any atom is 0.224 e. The Hall–Kier alpha value is -3.77. The highest BCUT2D eigenvalue weighted by atomic mass is 16.6. The van der Waals surface area contributed by atoms with Gasteiger partial charge < -0.3 is 20.1 Å². The molecule has 2 aliphatic rings. The van der Waals surface area contributed by atoms with Crippen LogP contribution >= 0.6 is 0 Å². The number of hydrogen-bond acceptors (Lipinski definition) is 8. The molecule has 4 rings (SSSR count). The van der Waals surface area contributed by atoms with Crippen LogP contribution in [0.15, 0.2) is 60.7 Å². The van der Waals surface area contributed by atoms with Gasteiger partial charge in [-0.05, 0) is 56.1 Å². The van der Waals surface area contributed by atoms with Crippen molar-refractivity contribution in [2.45, 2.75) is 96.7 Å². The number of nitrogens with one attached hydrogen (secondary N) is 2. The first kappa shape index (κ1) is 41.0. The molecule has 0 aromatic heterocycles. The van der Waals surface area contributed by atoms with Crippen LogP contribution in [0.1, 0.15) is 77.3 Å². The number of hydrogen-bond donors (Lipinski definition) is 3. The van der Waals surface area contributed by atoms with Crippen molar-refractivity contribution in [3.05, 3.63) is 71.8 Å². The third-order valence-electron chi connectivity index (χ3n) is 10.1. The highest BCUT2D eigenvalue weighted by molar-refractivity contribution is 5.98. The minimum absolute atomic E-state index is 0.0472. The maximum absolute atomic E-state index is 14.2. The highest BCUT2D eigenvalue weighted by Crippen LogP contribution is 2.29. The SMILES string of the molecule is CCC[C@H](NC(=O)[C@@H](CC(=O)[C@H](CC(C)C)NC(=O)[C@H](CCc1ccccc1)CC(=O)C[N+]1(O)CCOCC1)Cc1ccccc1)C(=O)[C@@]1(C)CO1. The van der Waals surface area contributed by atoms with E-state index < -0.39 is 46.0 Å². The number of ether oxygens (including phenoxy) is 2. The summed E-state index contributed by atoms with van der Waals surface area (Å²) in [6.07, 6.45) is 2.49. The van der Waals surface area contributed by atoms with Gasteiger partial charge in [0.1, 0.15) is 18.7 Å². The number of Topliss-reactive ketones (excluding diaryl/α,β-unsaturated/α-hetero) is 3. The Morgan fingerprint density at radius 2 is 1.40 bits per heavy atom. The number of aryl methyl sites for hydroxylation is 1. The fourth-order valence-corrected chi connectivity index (χ4v) is 6.86. The predicted molar refractivity (Wildman–Crippen MR) is 196 cm³/mol. The van der Waals surface area contributed by atoms with Crippen LogP contribution in [0.25, 0.3) is 0 Å². The largest absolute Gasteiger partial charge is 0.370 e. The van der Waals surface area contributed by atoms with Gasteiger partial charge in [-0.15, -0.1) is 0 Å². The van der Waals surface area contributed by atoms with E-state index in [4.69, 9.17) is 9.47 Å². The molecule has 0 unspecified atom stereocenters. The van der Waals surface area contributed by atoms with Crippen LogP contribution in [0, 0.1) is 17.8 Å². The van der Waals surface area contributed by atoms with Crippen LogP contribution in [0.3, 0.4) is 0 Å². The average Bonchev–Trinajstić information content (AvgIpc) is 3.87. The number of morpholine rings is 1. The van der Waals surface area contributed by atoms with Gasteiger partial charge in [-0.3, -0.25) is 24.0 Å². The zero-order valence-electron chi connectivity index (χ0n) is 31.3. The van der Waals surface area contributed by atoms with Crippen molar-refractivity contribution in [2.24, 2.45) is 17.8 Å². The van der Waals surface area contributed by atoms with Gasteiger partial charge in [0, 0.05) is 24.7 Å². The molecule has 3 N–H and O–H groups in total. The van der Waals surface area contributed by atoms with E-state index in [-0.39, 0.29) is 49.1 Å². The number of quaternary nitrogens is 1. The van der Waals surface area contributed by atoms with E-state index in [0.717, 1.165) is 11.1 Å². The lowest BCUT2D eigenvalue weighted by atomic mass is 9.87. The molecule has 2 aromatic carbocycles. The molecular weight excluding hydrogens is 662 g/mol. The second-order valence-electron chi connectivity index (χ2n) is 15.3. The Bertz CT molecular complexity index is 1490. The summed E-state index contributed by atoms with van der Waals surface area (Å²) in [5.41, 5.74) is 1.00. The number of ketones is 3. The zero-order chi connectivity index (χ0) is 37.7. The van der Waals surface area contributed by atoms with Gasteiger partial charge in [0.25, 0.3) is 0 Å². The van der Waals surface area contributed by atoms with Crippen LogP contribution < -0.4 is 10.6 Å². The van der Waals surface area contributed by atoms with Crippen LogP contribution in [0.4, 0.5) is 0 Å².